The van der Waals surface area contributed by atoms with Crippen LogP contribution < -0.4 is 33.3 Å². The molecule has 10 heteroatoms. The number of methoxy groups -OCH3 is 5. The number of benzene rings is 3. The molecule has 5 rings (SSSR count). The molecule has 2 aliphatic heterocycles. The molecule has 8 nitrogen and oxygen atoms in total. The van der Waals surface area contributed by atoms with Crippen LogP contribution in [0.5, 0.6) is 34.5 Å². The van der Waals surface area contributed by atoms with Gasteiger partial charge in [-0.25, -0.2) is 0 Å². The lowest BCUT2D eigenvalue weighted by atomic mass is 10.0. The van der Waals surface area contributed by atoms with Crippen LogP contribution in [0, 0.1) is 0 Å². The fourth-order valence-electron chi connectivity index (χ4n) is 5.52. The molecule has 0 saturated carbocycles. The fourth-order valence-corrected chi connectivity index (χ4v) is 7.78. The average molecular weight is 628 g/mol. The smallest absolute Gasteiger partial charge is 0.203 e. The molecule has 0 aromatic heterocycles. The molecule has 2 fully saturated rings. The first-order chi connectivity index (χ1) is 21.1. The minimum atomic E-state index is 0.308. The van der Waals surface area contributed by atoms with Crippen LogP contribution >= 0.6 is 23.5 Å². The topological polar surface area (TPSA) is 67.9 Å². The standard InChI is InChI=1S/C33H41NO7S2/c1-35-24-6-8-25(9-7-24)42-17-16-41-32-26(34-12-14-40-15-13-34)18-22(19-27(32)36-2)30-10-11-31(43-30)23-20-28(37-3)33(39-5)29(21-23)38-4/h6-9,18-21,30-31H,10-17H2,1-5H3. The summed E-state index contributed by atoms with van der Waals surface area (Å²) in [5, 5.41) is 0.625. The van der Waals surface area contributed by atoms with Crippen LogP contribution in [0.3, 0.4) is 0 Å². The molecule has 232 valence electrons. The highest BCUT2D eigenvalue weighted by Gasteiger charge is 2.31. The Morgan fingerprint density at radius 2 is 1.33 bits per heavy atom. The summed E-state index contributed by atoms with van der Waals surface area (Å²) in [6, 6.07) is 16.7. The molecule has 2 unspecified atom stereocenters. The number of hydrogen-bond acceptors (Lipinski definition) is 10. The Morgan fingerprint density at radius 1 is 0.744 bits per heavy atom. The van der Waals surface area contributed by atoms with Crippen molar-refractivity contribution in [3.05, 3.63) is 59.7 Å². The van der Waals surface area contributed by atoms with Crippen LogP contribution in [0.25, 0.3) is 0 Å². The maximum atomic E-state index is 6.46. The lowest BCUT2D eigenvalue weighted by Gasteiger charge is -2.31. The number of ether oxygens (including phenoxy) is 7. The van der Waals surface area contributed by atoms with Crippen molar-refractivity contribution in [2.45, 2.75) is 28.2 Å². The van der Waals surface area contributed by atoms with E-state index in [9.17, 15) is 0 Å². The summed E-state index contributed by atoms with van der Waals surface area (Å²) in [7, 11) is 8.36. The molecule has 0 bridgehead atoms. The summed E-state index contributed by atoms with van der Waals surface area (Å²) in [5.41, 5.74) is 3.50. The summed E-state index contributed by atoms with van der Waals surface area (Å²) < 4.78 is 40.1. The molecule has 0 amide bonds. The number of morpholine rings is 1. The molecule has 0 radical (unpaired) electrons. The predicted octanol–water partition coefficient (Wildman–Crippen LogP) is 7.05. The van der Waals surface area contributed by atoms with E-state index >= 15 is 0 Å². The van der Waals surface area contributed by atoms with Crippen LogP contribution in [0.4, 0.5) is 5.69 Å². The van der Waals surface area contributed by atoms with Crippen molar-refractivity contribution in [1.29, 1.82) is 0 Å². The third-order valence-electron chi connectivity index (χ3n) is 7.74. The van der Waals surface area contributed by atoms with Gasteiger partial charge in [0.1, 0.15) is 5.75 Å². The average Bonchev–Trinajstić information content (AvgIpc) is 3.57. The van der Waals surface area contributed by atoms with Gasteiger partial charge < -0.3 is 38.1 Å². The monoisotopic (exact) mass is 627 g/mol. The van der Waals surface area contributed by atoms with Crippen molar-refractivity contribution >= 4 is 29.2 Å². The summed E-state index contributed by atoms with van der Waals surface area (Å²) in [6.07, 6.45) is 2.10. The molecule has 43 heavy (non-hydrogen) atoms. The third kappa shape index (κ3) is 7.36. The van der Waals surface area contributed by atoms with E-state index in [0.717, 1.165) is 54.6 Å². The summed E-state index contributed by atoms with van der Waals surface area (Å²) in [4.78, 5) is 3.54. The SMILES string of the molecule is COc1ccc(SCCOc2c(OC)cc(C3CCC(c4cc(OC)c(OC)c(OC)c4)S3)cc2N2CCOCC2)cc1. The predicted molar refractivity (Wildman–Crippen MR) is 174 cm³/mol. The Labute approximate surface area is 263 Å². The van der Waals surface area contributed by atoms with Crippen molar-refractivity contribution < 1.29 is 33.2 Å². The molecule has 0 N–H and O–H groups in total. The Morgan fingerprint density at radius 3 is 1.88 bits per heavy atom. The molecule has 2 heterocycles. The van der Waals surface area contributed by atoms with Gasteiger partial charge in [-0.15, -0.1) is 23.5 Å². The minimum Gasteiger partial charge on any atom is -0.497 e. The second kappa shape index (κ2) is 15.1. The number of thioether (sulfide) groups is 2. The van der Waals surface area contributed by atoms with Gasteiger partial charge in [0, 0.05) is 34.2 Å². The van der Waals surface area contributed by atoms with Gasteiger partial charge in [0.15, 0.2) is 23.0 Å². The van der Waals surface area contributed by atoms with Crippen molar-refractivity contribution in [3.8, 4) is 34.5 Å². The maximum absolute atomic E-state index is 6.46. The highest BCUT2D eigenvalue weighted by Crippen LogP contribution is 2.56. The molecule has 0 aliphatic carbocycles. The van der Waals surface area contributed by atoms with Crippen molar-refractivity contribution in [2.24, 2.45) is 0 Å². The van der Waals surface area contributed by atoms with Gasteiger partial charge in [0.2, 0.25) is 5.75 Å². The molecule has 2 atom stereocenters. The van der Waals surface area contributed by atoms with E-state index in [2.05, 4.69) is 41.3 Å². The largest absolute Gasteiger partial charge is 0.497 e. The highest BCUT2D eigenvalue weighted by molar-refractivity contribution is 8.00. The number of rotatable bonds is 13. The van der Waals surface area contributed by atoms with E-state index in [1.165, 1.54) is 16.0 Å². The minimum absolute atomic E-state index is 0.308. The van der Waals surface area contributed by atoms with Crippen LogP contribution in [0.2, 0.25) is 0 Å². The van der Waals surface area contributed by atoms with Gasteiger partial charge in [-0.1, -0.05) is 0 Å². The van der Waals surface area contributed by atoms with E-state index in [1.807, 2.05) is 23.9 Å². The van der Waals surface area contributed by atoms with E-state index in [0.29, 0.717) is 47.6 Å². The highest BCUT2D eigenvalue weighted by atomic mass is 32.2. The van der Waals surface area contributed by atoms with Crippen molar-refractivity contribution in [1.82, 2.24) is 0 Å². The second-order valence-electron chi connectivity index (χ2n) is 10.2. The summed E-state index contributed by atoms with van der Waals surface area (Å²) in [5.74, 6) is 5.22. The summed E-state index contributed by atoms with van der Waals surface area (Å²) >= 11 is 3.73. The van der Waals surface area contributed by atoms with Gasteiger partial charge in [-0.05, 0) is 72.5 Å². The van der Waals surface area contributed by atoms with Crippen LogP contribution in [-0.2, 0) is 4.74 Å². The van der Waals surface area contributed by atoms with E-state index in [4.69, 9.17) is 33.2 Å². The first kappa shape index (κ1) is 31.3. The van der Waals surface area contributed by atoms with Crippen LogP contribution in [0.15, 0.2) is 53.4 Å². The summed E-state index contributed by atoms with van der Waals surface area (Å²) in [6.45, 7) is 3.58. The molecular formula is C33H41NO7S2. The van der Waals surface area contributed by atoms with Gasteiger partial charge in [-0.3, -0.25) is 0 Å². The van der Waals surface area contributed by atoms with E-state index < -0.39 is 0 Å². The van der Waals surface area contributed by atoms with Gasteiger partial charge >= 0.3 is 0 Å². The quantitative estimate of drug-likeness (QED) is 0.146. The lowest BCUT2D eigenvalue weighted by Crippen LogP contribution is -2.36. The first-order valence-electron chi connectivity index (χ1n) is 14.5. The molecule has 2 aliphatic rings. The maximum Gasteiger partial charge on any atom is 0.203 e. The van der Waals surface area contributed by atoms with Crippen molar-refractivity contribution in [3.63, 3.8) is 0 Å². The second-order valence-corrected chi connectivity index (χ2v) is 12.8. The van der Waals surface area contributed by atoms with Gasteiger partial charge in [0.05, 0.1) is 61.1 Å². The van der Waals surface area contributed by atoms with Gasteiger partial charge in [0.25, 0.3) is 0 Å². The zero-order chi connectivity index (χ0) is 30.2. The zero-order valence-electron chi connectivity index (χ0n) is 25.6. The van der Waals surface area contributed by atoms with Crippen molar-refractivity contribution in [2.75, 3.05) is 79.1 Å². The third-order valence-corrected chi connectivity index (χ3v) is 10.4. The molecule has 3 aromatic rings. The molecule has 0 spiro atoms. The zero-order valence-corrected chi connectivity index (χ0v) is 27.2. The number of nitrogens with zero attached hydrogens (tertiary/aromatic N) is 1. The first-order valence-corrected chi connectivity index (χ1v) is 16.4. The van der Waals surface area contributed by atoms with Crippen LogP contribution in [-0.4, -0.2) is 74.2 Å². The number of hydrogen-bond donors (Lipinski definition) is 0. The Kier molecular flexibility index (Phi) is 11.0. The molecular weight excluding hydrogens is 586 g/mol. The fraction of sp³-hybridized carbons (Fsp3) is 0.455. The van der Waals surface area contributed by atoms with E-state index in [1.54, 1.807) is 47.3 Å². The normalized spacial score (nSPS) is 18.3. The Balaban J connectivity index is 1.35. The Bertz CT molecular complexity index is 1320. The van der Waals surface area contributed by atoms with Crippen LogP contribution in [0.1, 0.15) is 34.5 Å². The number of anilines is 1. The lowest BCUT2D eigenvalue weighted by molar-refractivity contribution is 0.122. The Hall–Kier alpha value is -3.08. The molecule has 2 saturated heterocycles. The molecule has 3 aromatic carbocycles. The van der Waals surface area contributed by atoms with Gasteiger partial charge in [-0.2, -0.15) is 0 Å². The van der Waals surface area contributed by atoms with E-state index in [-0.39, 0.29) is 0 Å².